The van der Waals surface area contributed by atoms with Crippen molar-refractivity contribution in [2.75, 3.05) is 0 Å². The van der Waals surface area contributed by atoms with Gasteiger partial charge in [-0.2, -0.15) is 0 Å². The van der Waals surface area contributed by atoms with Crippen LogP contribution in [-0.4, -0.2) is 14.5 Å². The third-order valence-corrected chi connectivity index (χ3v) is 5.73. The molecule has 0 saturated heterocycles. The summed E-state index contributed by atoms with van der Waals surface area (Å²) < 4.78 is 1.76. The number of nitrogens with zero attached hydrogens (tertiary/aromatic N) is 3. The predicted octanol–water partition coefficient (Wildman–Crippen LogP) is 4.98. The Morgan fingerprint density at radius 2 is 1.75 bits per heavy atom. The summed E-state index contributed by atoms with van der Waals surface area (Å²) in [4.78, 5) is 22.2. The molecule has 28 heavy (non-hydrogen) atoms. The Morgan fingerprint density at radius 3 is 2.54 bits per heavy atom. The first-order valence-electron chi connectivity index (χ1n) is 8.97. The van der Waals surface area contributed by atoms with Gasteiger partial charge in [-0.15, -0.1) is 0 Å². The van der Waals surface area contributed by atoms with Crippen molar-refractivity contribution in [1.29, 1.82) is 0 Å². The second-order valence-electron chi connectivity index (χ2n) is 6.35. The molecule has 0 unspecified atom stereocenters. The molecule has 0 aliphatic carbocycles. The summed E-state index contributed by atoms with van der Waals surface area (Å²) in [5, 5.41) is 2.07. The van der Waals surface area contributed by atoms with Gasteiger partial charge in [0.2, 0.25) is 0 Å². The molecule has 0 saturated carbocycles. The van der Waals surface area contributed by atoms with Gasteiger partial charge in [0.25, 0.3) is 5.56 Å². The van der Waals surface area contributed by atoms with Gasteiger partial charge >= 0.3 is 0 Å². The van der Waals surface area contributed by atoms with Crippen molar-refractivity contribution in [3.05, 3.63) is 99.6 Å². The molecule has 4 rings (SSSR count). The average Bonchev–Trinajstić information content (AvgIpc) is 2.74. The van der Waals surface area contributed by atoms with Crippen LogP contribution in [0.15, 0.2) is 82.9 Å². The number of benzene rings is 2. The zero-order valence-electron chi connectivity index (χ0n) is 15.1. The van der Waals surface area contributed by atoms with E-state index in [-0.39, 0.29) is 5.56 Å². The second-order valence-corrected chi connectivity index (χ2v) is 7.73. The zero-order chi connectivity index (χ0) is 19.3. The Bertz CT molecular complexity index is 1140. The number of aromatic nitrogens is 3. The number of thioether (sulfide) groups is 1. The Hall–Kier alpha value is -2.63. The lowest BCUT2D eigenvalue weighted by atomic mass is 10.2. The van der Waals surface area contributed by atoms with Gasteiger partial charge in [-0.3, -0.25) is 14.3 Å². The molecule has 0 bridgehead atoms. The molecule has 0 spiro atoms. The lowest BCUT2D eigenvalue weighted by Gasteiger charge is -2.13. The predicted molar refractivity (Wildman–Crippen MR) is 115 cm³/mol. The van der Waals surface area contributed by atoms with Crippen molar-refractivity contribution in [3.63, 3.8) is 0 Å². The van der Waals surface area contributed by atoms with Gasteiger partial charge in [0.15, 0.2) is 5.16 Å². The van der Waals surface area contributed by atoms with Crippen molar-refractivity contribution in [1.82, 2.24) is 14.5 Å². The van der Waals surface area contributed by atoms with Gasteiger partial charge < -0.3 is 0 Å². The van der Waals surface area contributed by atoms with Crippen LogP contribution < -0.4 is 5.56 Å². The van der Waals surface area contributed by atoms with Crippen molar-refractivity contribution in [2.45, 2.75) is 23.9 Å². The maximum atomic E-state index is 13.1. The first-order chi connectivity index (χ1) is 13.7. The zero-order valence-corrected chi connectivity index (χ0v) is 16.7. The topological polar surface area (TPSA) is 47.8 Å². The van der Waals surface area contributed by atoms with E-state index in [1.807, 2.05) is 66.7 Å². The maximum absolute atomic E-state index is 13.1. The van der Waals surface area contributed by atoms with E-state index >= 15 is 0 Å². The molecule has 2 aromatic carbocycles. The van der Waals surface area contributed by atoms with Gasteiger partial charge in [0, 0.05) is 35.6 Å². The third-order valence-electron chi connectivity index (χ3n) is 4.43. The lowest BCUT2D eigenvalue weighted by Crippen LogP contribution is -2.24. The van der Waals surface area contributed by atoms with Crippen LogP contribution in [0.2, 0.25) is 5.02 Å². The molecular weight excluding hydrogens is 390 g/mol. The highest BCUT2D eigenvalue weighted by Gasteiger charge is 2.12. The Kier molecular flexibility index (Phi) is 5.74. The normalized spacial score (nSPS) is 11.0. The van der Waals surface area contributed by atoms with Crippen LogP contribution in [0.4, 0.5) is 0 Å². The number of halogens is 1. The highest BCUT2D eigenvalue weighted by Crippen LogP contribution is 2.23. The Labute approximate surface area is 172 Å². The number of para-hydroxylation sites is 1. The van der Waals surface area contributed by atoms with Gasteiger partial charge in [-0.1, -0.05) is 53.7 Å². The summed E-state index contributed by atoms with van der Waals surface area (Å²) in [5.41, 5.74) is 2.80. The van der Waals surface area contributed by atoms with E-state index in [1.165, 1.54) is 0 Å². The number of fused-ring (bicyclic) bond motifs is 1. The van der Waals surface area contributed by atoms with E-state index in [9.17, 15) is 4.79 Å². The molecule has 0 aliphatic rings. The van der Waals surface area contributed by atoms with Crippen LogP contribution in [0.25, 0.3) is 10.9 Å². The molecule has 0 amide bonds. The van der Waals surface area contributed by atoms with Gasteiger partial charge in [-0.05, 0) is 42.0 Å². The summed E-state index contributed by atoms with van der Waals surface area (Å²) in [6, 6.07) is 21.0. The van der Waals surface area contributed by atoms with E-state index in [1.54, 1.807) is 22.5 Å². The van der Waals surface area contributed by atoms with Crippen molar-refractivity contribution in [2.24, 2.45) is 0 Å². The molecule has 0 atom stereocenters. The monoisotopic (exact) mass is 407 g/mol. The fraction of sp³-hybridized carbons (Fsp3) is 0.136. The fourth-order valence-corrected chi connectivity index (χ4v) is 4.06. The molecule has 6 heteroatoms. The van der Waals surface area contributed by atoms with Crippen molar-refractivity contribution in [3.8, 4) is 0 Å². The van der Waals surface area contributed by atoms with Gasteiger partial charge in [-0.25, -0.2) is 4.98 Å². The summed E-state index contributed by atoms with van der Waals surface area (Å²) in [7, 11) is 0. The fourth-order valence-electron chi connectivity index (χ4n) is 2.96. The molecule has 2 aromatic heterocycles. The van der Waals surface area contributed by atoms with Crippen LogP contribution >= 0.6 is 23.4 Å². The molecule has 2 heterocycles. The lowest BCUT2D eigenvalue weighted by molar-refractivity contribution is 0.590. The molecule has 0 aliphatic heterocycles. The van der Waals surface area contributed by atoms with E-state index in [2.05, 4.69) is 4.98 Å². The van der Waals surface area contributed by atoms with Crippen LogP contribution in [0, 0.1) is 0 Å². The summed E-state index contributed by atoms with van der Waals surface area (Å²) in [6.07, 6.45) is 2.45. The van der Waals surface area contributed by atoms with Crippen molar-refractivity contribution < 1.29 is 0 Å². The highest BCUT2D eigenvalue weighted by molar-refractivity contribution is 7.98. The smallest absolute Gasteiger partial charge is 0.262 e. The standard InChI is InChI=1S/C22H18ClN3OS/c23-17-10-8-16(9-11-17)15-28-22-25-20-7-2-1-6-19(20)21(27)26(22)14-12-18-5-3-4-13-24-18/h1-11,13H,12,14-15H2. The van der Waals surface area contributed by atoms with Crippen LogP contribution in [0.3, 0.4) is 0 Å². The number of hydrogen-bond donors (Lipinski definition) is 0. The SMILES string of the molecule is O=c1c2ccccc2nc(SCc2ccc(Cl)cc2)n1CCc1ccccn1. The molecular formula is C22H18ClN3OS. The number of hydrogen-bond acceptors (Lipinski definition) is 4. The minimum absolute atomic E-state index is 0.0138. The number of rotatable bonds is 6. The maximum Gasteiger partial charge on any atom is 0.262 e. The minimum atomic E-state index is -0.0138. The summed E-state index contributed by atoms with van der Waals surface area (Å²) >= 11 is 7.53. The second kappa shape index (κ2) is 8.59. The van der Waals surface area contributed by atoms with E-state index in [0.717, 1.165) is 21.9 Å². The summed E-state index contributed by atoms with van der Waals surface area (Å²) in [5.74, 6) is 0.714. The van der Waals surface area contributed by atoms with Crippen LogP contribution in [-0.2, 0) is 18.7 Å². The van der Waals surface area contributed by atoms with Gasteiger partial charge in [0.05, 0.1) is 10.9 Å². The van der Waals surface area contributed by atoms with E-state index < -0.39 is 0 Å². The largest absolute Gasteiger partial charge is 0.287 e. The van der Waals surface area contributed by atoms with Gasteiger partial charge in [0.1, 0.15) is 0 Å². The van der Waals surface area contributed by atoms with Crippen LogP contribution in [0.5, 0.6) is 0 Å². The molecule has 0 N–H and O–H groups in total. The van der Waals surface area contributed by atoms with E-state index in [0.29, 0.717) is 29.1 Å². The molecule has 4 nitrogen and oxygen atoms in total. The highest BCUT2D eigenvalue weighted by atomic mass is 35.5. The Morgan fingerprint density at radius 1 is 0.964 bits per heavy atom. The summed E-state index contributed by atoms with van der Waals surface area (Å²) in [6.45, 7) is 0.538. The number of pyridine rings is 1. The molecule has 140 valence electrons. The molecule has 0 fully saturated rings. The first kappa shape index (κ1) is 18.7. The Balaban J connectivity index is 1.66. The minimum Gasteiger partial charge on any atom is -0.287 e. The number of aryl methyl sites for hydroxylation is 1. The third kappa shape index (κ3) is 4.26. The molecule has 0 radical (unpaired) electrons. The first-order valence-corrected chi connectivity index (χ1v) is 10.3. The van der Waals surface area contributed by atoms with Crippen LogP contribution in [0.1, 0.15) is 11.3 Å². The van der Waals surface area contributed by atoms with E-state index in [4.69, 9.17) is 16.6 Å². The average molecular weight is 408 g/mol. The van der Waals surface area contributed by atoms with Crippen molar-refractivity contribution >= 4 is 34.3 Å². The quantitative estimate of drug-likeness (QED) is 0.334. The molecule has 4 aromatic rings.